The lowest BCUT2D eigenvalue weighted by Gasteiger charge is -2.30. The molecule has 0 bridgehead atoms. The minimum atomic E-state index is -0.974. The number of carboxylic acid groups (broad SMARTS) is 1. The van der Waals surface area contributed by atoms with Crippen LogP contribution in [0.3, 0.4) is 0 Å². The average molecular weight is 399 g/mol. The van der Waals surface area contributed by atoms with Gasteiger partial charge in [-0.15, -0.1) is 0 Å². The van der Waals surface area contributed by atoms with Gasteiger partial charge in [0.1, 0.15) is 6.04 Å². The van der Waals surface area contributed by atoms with Crippen LogP contribution in [0.2, 0.25) is 0 Å². The largest absolute Gasteiger partial charge is 0.481 e. The molecule has 29 heavy (non-hydrogen) atoms. The van der Waals surface area contributed by atoms with Crippen LogP contribution in [0.15, 0.2) is 18.2 Å². The molecule has 9 heteroatoms. The van der Waals surface area contributed by atoms with E-state index in [2.05, 4.69) is 10.2 Å². The van der Waals surface area contributed by atoms with Crippen molar-refractivity contribution in [1.29, 1.82) is 0 Å². The summed E-state index contributed by atoms with van der Waals surface area (Å²) in [6.45, 7) is 1.87. The normalized spacial score (nSPS) is 23.3. The maximum absolute atomic E-state index is 12.9. The van der Waals surface area contributed by atoms with Gasteiger partial charge in [-0.2, -0.15) is 0 Å². The first-order chi connectivity index (χ1) is 13.8. The maximum atomic E-state index is 12.9. The highest BCUT2D eigenvalue weighted by Gasteiger charge is 2.44. The van der Waals surface area contributed by atoms with Gasteiger partial charge in [-0.1, -0.05) is 6.07 Å². The summed E-state index contributed by atoms with van der Waals surface area (Å²) in [5, 5.41) is 11.3. The number of rotatable bonds is 4. The van der Waals surface area contributed by atoms with E-state index in [4.69, 9.17) is 5.11 Å². The predicted octanol–water partition coefficient (Wildman–Crippen LogP) is 0.384. The van der Waals surface area contributed by atoms with Crippen LogP contribution >= 0.6 is 0 Å². The molecule has 3 aliphatic rings. The van der Waals surface area contributed by atoms with Crippen LogP contribution < -0.4 is 5.32 Å². The Morgan fingerprint density at radius 1 is 1.03 bits per heavy atom. The quantitative estimate of drug-likeness (QED) is 0.702. The molecule has 4 rings (SSSR count). The highest BCUT2D eigenvalue weighted by Crippen LogP contribution is 2.29. The van der Waals surface area contributed by atoms with Crippen LogP contribution in [0.25, 0.3) is 0 Å². The molecule has 1 aromatic carbocycles. The Labute approximate surface area is 166 Å². The SMILES string of the molecule is O=C1CCC(N2C(=O)c3ccc(CN4CCC(C(=O)O)CC4)cc3C2=O)C(=O)N1. The van der Waals surface area contributed by atoms with E-state index >= 15 is 0 Å². The smallest absolute Gasteiger partial charge is 0.306 e. The van der Waals surface area contributed by atoms with Gasteiger partial charge >= 0.3 is 5.97 Å². The van der Waals surface area contributed by atoms with E-state index in [0.717, 1.165) is 10.5 Å². The zero-order chi connectivity index (χ0) is 20.7. The molecule has 3 aliphatic heterocycles. The number of piperidine rings is 2. The molecule has 0 aromatic heterocycles. The van der Waals surface area contributed by atoms with Gasteiger partial charge in [0, 0.05) is 13.0 Å². The Bertz CT molecular complexity index is 919. The van der Waals surface area contributed by atoms with E-state index in [-0.39, 0.29) is 29.9 Å². The molecule has 2 saturated heterocycles. The summed E-state index contributed by atoms with van der Waals surface area (Å²) < 4.78 is 0. The third-order valence-corrected chi connectivity index (χ3v) is 5.85. The van der Waals surface area contributed by atoms with Crippen LogP contribution in [0, 0.1) is 5.92 Å². The van der Waals surface area contributed by atoms with E-state index in [1.165, 1.54) is 0 Å². The topological polar surface area (TPSA) is 124 Å². The number of carboxylic acids is 1. The van der Waals surface area contributed by atoms with Crippen molar-refractivity contribution in [2.24, 2.45) is 5.92 Å². The maximum Gasteiger partial charge on any atom is 0.306 e. The summed E-state index contributed by atoms with van der Waals surface area (Å²) >= 11 is 0. The molecule has 152 valence electrons. The standard InChI is InChI=1S/C20H21N3O6/c24-16-4-3-15(17(25)21-16)23-18(26)13-2-1-11(9-14(13)19(23)27)10-22-7-5-12(6-8-22)20(28)29/h1-2,9,12,15H,3-8,10H2,(H,28,29)(H,21,24,25). The average Bonchev–Trinajstić information content (AvgIpc) is 2.93. The lowest BCUT2D eigenvalue weighted by molar-refractivity contribution is -0.143. The highest BCUT2D eigenvalue weighted by atomic mass is 16.4. The second kappa shape index (κ2) is 7.40. The van der Waals surface area contributed by atoms with Crippen molar-refractivity contribution in [2.75, 3.05) is 13.1 Å². The van der Waals surface area contributed by atoms with Gasteiger partial charge in [0.05, 0.1) is 17.0 Å². The fraction of sp³-hybridized carbons (Fsp3) is 0.450. The summed E-state index contributed by atoms with van der Waals surface area (Å²) in [4.78, 5) is 63.2. The van der Waals surface area contributed by atoms with Crippen molar-refractivity contribution in [1.82, 2.24) is 15.1 Å². The molecule has 2 fully saturated rings. The molecule has 2 N–H and O–H groups in total. The molecule has 0 saturated carbocycles. The Morgan fingerprint density at radius 2 is 1.72 bits per heavy atom. The van der Waals surface area contributed by atoms with Crippen molar-refractivity contribution in [3.8, 4) is 0 Å². The number of nitrogens with zero attached hydrogens (tertiary/aromatic N) is 2. The van der Waals surface area contributed by atoms with Crippen LogP contribution in [0.4, 0.5) is 0 Å². The van der Waals surface area contributed by atoms with Crippen molar-refractivity contribution >= 4 is 29.6 Å². The van der Waals surface area contributed by atoms with E-state index < -0.39 is 35.6 Å². The van der Waals surface area contributed by atoms with Crippen molar-refractivity contribution in [3.63, 3.8) is 0 Å². The molecular weight excluding hydrogens is 378 g/mol. The first kappa shape index (κ1) is 19.3. The number of aliphatic carboxylic acids is 1. The van der Waals surface area contributed by atoms with Crippen molar-refractivity contribution < 1.29 is 29.1 Å². The Kier molecular flexibility index (Phi) is 4.91. The van der Waals surface area contributed by atoms with E-state index in [1.54, 1.807) is 18.2 Å². The number of fused-ring (bicyclic) bond motifs is 1. The van der Waals surface area contributed by atoms with Gasteiger partial charge in [0.15, 0.2) is 0 Å². The van der Waals surface area contributed by atoms with Gasteiger partial charge in [0.2, 0.25) is 11.8 Å². The second-order valence-electron chi connectivity index (χ2n) is 7.72. The van der Waals surface area contributed by atoms with Crippen LogP contribution in [0.1, 0.15) is 52.0 Å². The van der Waals surface area contributed by atoms with Gasteiger partial charge < -0.3 is 5.11 Å². The predicted molar refractivity (Wildman–Crippen MR) is 98.8 cm³/mol. The van der Waals surface area contributed by atoms with Gasteiger partial charge in [-0.05, 0) is 50.0 Å². The lowest BCUT2D eigenvalue weighted by atomic mass is 9.96. The third kappa shape index (κ3) is 3.53. The van der Waals surface area contributed by atoms with Gasteiger partial charge in [0.25, 0.3) is 11.8 Å². The molecule has 9 nitrogen and oxygen atoms in total. The third-order valence-electron chi connectivity index (χ3n) is 5.85. The first-order valence-corrected chi connectivity index (χ1v) is 9.65. The second-order valence-corrected chi connectivity index (χ2v) is 7.72. The Morgan fingerprint density at radius 3 is 2.38 bits per heavy atom. The molecule has 0 aliphatic carbocycles. The molecule has 4 amide bonds. The van der Waals surface area contributed by atoms with E-state index in [9.17, 15) is 24.0 Å². The van der Waals surface area contributed by atoms with Crippen LogP contribution in [-0.2, 0) is 20.9 Å². The number of likely N-dealkylation sites (tertiary alicyclic amines) is 1. The zero-order valence-electron chi connectivity index (χ0n) is 15.7. The molecule has 1 unspecified atom stereocenters. The number of nitrogens with one attached hydrogen (secondary N) is 1. The minimum absolute atomic E-state index is 0.0847. The van der Waals surface area contributed by atoms with E-state index in [1.807, 2.05) is 0 Å². The monoisotopic (exact) mass is 399 g/mol. The number of hydrogen-bond acceptors (Lipinski definition) is 6. The van der Waals surface area contributed by atoms with Gasteiger partial charge in [-0.25, -0.2) is 0 Å². The summed E-state index contributed by atoms with van der Waals surface area (Å²) in [6.07, 6.45) is 1.38. The zero-order valence-corrected chi connectivity index (χ0v) is 15.7. The fourth-order valence-corrected chi connectivity index (χ4v) is 4.21. The molecule has 1 atom stereocenters. The molecular formula is C20H21N3O6. The first-order valence-electron chi connectivity index (χ1n) is 9.65. The van der Waals surface area contributed by atoms with Crippen molar-refractivity contribution in [2.45, 2.75) is 38.3 Å². The molecule has 0 radical (unpaired) electrons. The number of benzene rings is 1. The number of carbonyl (C=O) groups excluding carboxylic acids is 4. The number of carbonyl (C=O) groups is 5. The van der Waals surface area contributed by atoms with Gasteiger partial charge in [-0.3, -0.25) is 39.1 Å². The fourth-order valence-electron chi connectivity index (χ4n) is 4.21. The van der Waals surface area contributed by atoms with Crippen molar-refractivity contribution in [3.05, 3.63) is 34.9 Å². The van der Waals surface area contributed by atoms with E-state index in [0.29, 0.717) is 32.5 Å². The number of imide groups is 2. The molecule has 1 aromatic rings. The lowest BCUT2D eigenvalue weighted by Crippen LogP contribution is -2.54. The van der Waals surface area contributed by atoms with Crippen LogP contribution in [-0.4, -0.2) is 63.6 Å². The number of amides is 4. The minimum Gasteiger partial charge on any atom is -0.481 e. The highest BCUT2D eigenvalue weighted by molar-refractivity contribution is 6.23. The molecule has 0 spiro atoms. The Hall–Kier alpha value is -3.07. The molecule has 3 heterocycles. The summed E-state index contributed by atoms with van der Waals surface area (Å²) in [5.41, 5.74) is 1.37. The summed E-state index contributed by atoms with van der Waals surface area (Å²) in [5.74, 6) is -3.15. The summed E-state index contributed by atoms with van der Waals surface area (Å²) in [6, 6.07) is 4.07. The number of hydrogen-bond donors (Lipinski definition) is 2. The van der Waals surface area contributed by atoms with Crippen LogP contribution in [0.5, 0.6) is 0 Å². The Balaban J connectivity index is 1.48. The summed E-state index contributed by atoms with van der Waals surface area (Å²) in [7, 11) is 0.